The quantitative estimate of drug-likeness (QED) is 0.559. The van der Waals surface area contributed by atoms with Crippen LogP contribution in [0.1, 0.15) is 10.4 Å². The lowest BCUT2D eigenvalue weighted by Crippen LogP contribution is -2.22. The summed E-state index contributed by atoms with van der Waals surface area (Å²) in [5.41, 5.74) is -0.411. The number of rotatable bonds is 1. The topological polar surface area (TPSA) is 22.0 Å². The molecule has 2 rings (SSSR count). The van der Waals surface area contributed by atoms with Gasteiger partial charge in [0.05, 0.1) is 11.1 Å². The number of alkyl halides is 3. The number of Topliss-reactive ketones (excluding diaryl/α,β-unsaturated/α-hetero) is 1. The van der Waals surface area contributed by atoms with E-state index in [4.69, 9.17) is 0 Å². The maximum absolute atomic E-state index is 13.5. The van der Waals surface area contributed by atoms with Gasteiger partial charge in [-0.25, -0.2) is 4.39 Å². The van der Waals surface area contributed by atoms with Gasteiger partial charge in [-0.05, 0) is 12.1 Å². The molecule has 0 bridgehead atoms. The molecule has 0 unspecified atom stereocenters. The number of carbonyl (C=O) groups is 1. The molecule has 0 aliphatic rings. The molecule has 6 heteroatoms. The number of fused-ring (bicyclic) bond motifs is 1. The molecule has 1 aromatic heterocycles. The molecular formula is C11H7F4NO. The molecular weight excluding hydrogens is 238 g/mol. The Hall–Kier alpha value is -1.85. The fourth-order valence-corrected chi connectivity index (χ4v) is 1.73. The number of ketones is 1. The van der Waals surface area contributed by atoms with Crippen LogP contribution < -0.4 is 0 Å². The molecule has 0 aliphatic heterocycles. The monoisotopic (exact) mass is 245 g/mol. The summed E-state index contributed by atoms with van der Waals surface area (Å²) in [6.45, 7) is 0. The Kier molecular flexibility index (Phi) is 2.45. The van der Waals surface area contributed by atoms with Gasteiger partial charge in [0, 0.05) is 18.6 Å². The number of halogens is 4. The molecule has 0 atom stereocenters. The van der Waals surface area contributed by atoms with Crippen molar-refractivity contribution < 1.29 is 22.4 Å². The van der Waals surface area contributed by atoms with Crippen molar-refractivity contribution in [2.45, 2.75) is 6.18 Å². The smallest absolute Gasteiger partial charge is 0.350 e. The standard InChI is InChI=1S/C11H7F4NO/c1-16-5-6(10(17)11(13,14)15)9-7(12)3-2-4-8(9)16/h2-5H,1H3. The first-order valence-corrected chi connectivity index (χ1v) is 4.67. The van der Waals surface area contributed by atoms with E-state index in [1.54, 1.807) is 0 Å². The van der Waals surface area contributed by atoms with Crippen molar-refractivity contribution in [2.75, 3.05) is 0 Å². The minimum atomic E-state index is -5.00. The van der Waals surface area contributed by atoms with E-state index in [-0.39, 0.29) is 10.9 Å². The molecule has 0 saturated heterocycles. The molecule has 0 N–H and O–H groups in total. The van der Waals surface area contributed by atoms with Gasteiger partial charge in [0.15, 0.2) is 0 Å². The highest BCUT2D eigenvalue weighted by molar-refractivity contribution is 6.10. The van der Waals surface area contributed by atoms with Crippen LogP contribution in [0, 0.1) is 5.82 Å². The van der Waals surface area contributed by atoms with Gasteiger partial charge in [0.25, 0.3) is 5.78 Å². The number of carbonyl (C=O) groups excluding carboxylic acids is 1. The van der Waals surface area contributed by atoms with Gasteiger partial charge in [0.1, 0.15) is 5.82 Å². The Bertz CT molecular complexity index is 597. The van der Waals surface area contributed by atoms with Gasteiger partial charge in [0.2, 0.25) is 0 Å². The third-order valence-corrected chi connectivity index (χ3v) is 2.47. The second-order valence-corrected chi connectivity index (χ2v) is 3.61. The van der Waals surface area contributed by atoms with Gasteiger partial charge in [-0.1, -0.05) is 6.07 Å². The fourth-order valence-electron chi connectivity index (χ4n) is 1.73. The minimum absolute atomic E-state index is 0.248. The maximum Gasteiger partial charge on any atom is 0.454 e. The summed E-state index contributed by atoms with van der Waals surface area (Å²) in [7, 11) is 1.45. The number of hydrogen-bond donors (Lipinski definition) is 0. The highest BCUT2D eigenvalue weighted by Gasteiger charge is 2.41. The first-order chi connectivity index (χ1) is 7.82. The predicted molar refractivity (Wildman–Crippen MR) is 53.3 cm³/mol. The van der Waals surface area contributed by atoms with E-state index in [0.29, 0.717) is 0 Å². The molecule has 90 valence electrons. The van der Waals surface area contributed by atoms with Crippen LogP contribution in [-0.2, 0) is 7.05 Å². The summed E-state index contributed by atoms with van der Waals surface area (Å²) in [6.07, 6.45) is -4.01. The van der Waals surface area contributed by atoms with Crippen molar-refractivity contribution in [3.05, 3.63) is 35.8 Å². The van der Waals surface area contributed by atoms with Gasteiger partial charge < -0.3 is 4.57 Å². The van der Waals surface area contributed by atoms with Gasteiger partial charge in [-0.2, -0.15) is 13.2 Å². The van der Waals surface area contributed by atoms with E-state index in [1.807, 2.05) is 0 Å². The molecule has 0 spiro atoms. The van der Waals surface area contributed by atoms with Crippen LogP contribution in [0.25, 0.3) is 10.9 Å². The maximum atomic E-state index is 13.5. The average Bonchev–Trinajstić information content (AvgIpc) is 2.55. The van der Waals surface area contributed by atoms with E-state index in [0.717, 1.165) is 12.3 Å². The molecule has 17 heavy (non-hydrogen) atoms. The van der Waals surface area contributed by atoms with Crippen molar-refractivity contribution >= 4 is 16.7 Å². The zero-order chi connectivity index (χ0) is 12.8. The second kappa shape index (κ2) is 3.58. The Morgan fingerprint density at radius 2 is 1.94 bits per heavy atom. The molecule has 0 amide bonds. The van der Waals surface area contributed by atoms with Crippen LogP contribution in [0.15, 0.2) is 24.4 Å². The zero-order valence-corrected chi connectivity index (χ0v) is 8.68. The lowest BCUT2D eigenvalue weighted by molar-refractivity contribution is -0.0884. The number of aryl methyl sites for hydroxylation is 1. The van der Waals surface area contributed by atoms with Crippen molar-refractivity contribution in [1.29, 1.82) is 0 Å². The van der Waals surface area contributed by atoms with Crippen molar-refractivity contribution in [2.24, 2.45) is 7.05 Å². The summed E-state index contributed by atoms with van der Waals surface area (Å²) >= 11 is 0. The Morgan fingerprint density at radius 3 is 2.53 bits per heavy atom. The van der Waals surface area contributed by atoms with E-state index in [1.165, 1.54) is 23.7 Å². The average molecular weight is 245 g/mol. The SMILES string of the molecule is Cn1cc(C(=O)C(F)(F)F)c2c(F)cccc21. The van der Waals surface area contributed by atoms with Crippen LogP contribution in [0.3, 0.4) is 0 Å². The normalized spacial score (nSPS) is 12.1. The molecule has 1 heterocycles. The van der Waals surface area contributed by atoms with Gasteiger partial charge in [-0.15, -0.1) is 0 Å². The summed E-state index contributed by atoms with van der Waals surface area (Å²) < 4.78 is 51.7. The highest BCUT2D eigenvalue weighted by atomic mass is 19.4. The van der Waals surface area contributed by atoms with Crippen LogP contribution in [0.4, 0.5) is 17.6 Å². The molecule has 0 radical (unpaired) electrons. The number of hydrogen-bond acceptors (Lipinski definition) is 1. The molecule has 0 aliphatic carbocycles. The third-order valence-electron chi connectivity index (χ3n) is 2.47. The van der Waals surface area contributed by atoms with E-state index in [9.17, 15) is 22.4 Å². The first-order valence-electron chi connectivity index (χ1n) is 4.67. The lowest BCUT2D eigenvalue weighted by atomic mass is 10.1. The molecule has 1 aromatic carbocycles. The van der Waals surface area contributed by atoms with Crippen LogP contribution in [-0.4, -0.2) is 16.5 Å². The van der Waals surface area contributed by atoms with Crippen molar-refractivity contribution in [3.8, 4) is 0 Å². The summed E-state index contributed by atoms with van der Waals surface area (Å²) in [6, 6.07) is 3.85. The Morgan fingerprint density at radius 1 is 1.29 bits per heavy atom. The largest absolute Gasteiger partial charge is 0.454 e. The number of nitrogens with zero attached hydrogens (tertiary/aromatic N) is 1. The van der Waals surface area contributed by atoms with Gasteiger partial charge in [-0.3, -0.25) is 4.79 Å². The minimum Gasteiger partial charge on any atom is -0.350 e. The number of benzene rings is 1. The fraction of sp³-hybridized carbons (Fsp3) is 0.182. The lowest BCUT2D eigenvalue weighted by Gasteiger charge is -2.03. The van der Waals surface area contributed by atoms with E-state index in [2.05, 4.69) is 0 Å². The summed E-state index contributed by atoms with van der Waals surface area (Å²) in [5.74, 6) is -2.87. The molecule has 2 aromatic rings. The molecule has 0 fully saturated rings. The van der Waals surface area contributed by atoms with E-state index < -0.39 is 23.3 Å². The van der Waals surface area contributed by atoms with Crippen molar-refractivity contribution in [1.82, 2.24) is 4.57 Å². The predicted octanol–water partition coefficient (Wildman–Crippen LogP) is 3.06. The van der Waals surface area contributed by atoms with Crippen LogP contribution in [0.5, 0.6) is 0 Å². The molecule has 2 nitrogen and oxygen atoms in total. The van der Waals surface area contributed by atoms with E-state index >= 15 is 0 Å². The first kappa shape index (κ1) is 11.6. The highest BCUT2D eigenvalue weighted by Crippen LogP contribution is 2.29. The molecule has 0 saturated carbocycles. The second-order valence-electron chi connectivity index (χ2n) is 3.61. The van der Waals surface area contributed by atoms with Gasteiger partial charge >= 0.3 is 6.18 Å². The van der Waals surface area contributed by atoms with Crippen LogP contribution in [0.2, 0.25) is 0 Å². The third kappa shape index (κ3) is 1.79. The zero-order valence-electron chi connectivity index (χ0n) is 8.68. The number of aromatic nitrogens is 1. The Labute approximate surface area is 93.5 Å². The summed E-state index contributed by atoms with van der Waals surface area (Å²) in [5, 5.41) is -0.294. The summed E-state index contributed by atoms with van der Waals surface area (Å²) in [4.78, 5) is 11.1. The Balaban J connectivity index is 2.76. The van der Waals surface area contributed by atoms with Crippen molar-refractivity contribution in [3.63, 3.8) is 0 Å². The van der Waals surface area contributed by atoms with Crippen LogP contribution >= 0.6 is 0 Å².